The first-order chi connectivity index (χ1) is 14.4. The van der Waals surface area contributed by atoms with Gasteiger partial charge in [0, 0.05) is 35.2 Å². The van der Waals surface area contributed by atoms with Crippen molar-refractivity contribution in [3.05, 3.63) is 81.0 Å². The van der Waals surface area contributed by atoms with Crippen molar-refractivity contribution in [1.82, 2.24) is 14.8 Å². The largest absolute Gasteiger partial charge is 0.332 e. The van der Waals surface area contributed by atoms with Crippen molar-refractivity contribution < 1.29 is 4.79 Å². The van der Waals surface area contributed by atoms with E-state index in [2.05, 4.69) is 16.0 Å². The number of nitrogens with one attached hydrogen (secondary N) is 1. The number of hydrogen-bond acceptors (Lipinski definition) is 4. The van der Waals surface area contributed by atoms with E-state index in [0.29, 0.717) is 23.4 Å². The Kier molecular flexibility index (Phi) is 5.70. The number of likely N-dealkylation sites (N-methyl/N-ethyl adjacent to an activating group) is 1. The molecule has 1 amide bonds. The molecule has 2 aromatic carbocycles. The molecule has 4 aromatic rings. The second kappa shape index (κ2) is 8.42. The fraction of sp³-hybridized carbons (Fsp3) is 0.250. The minimum Gasteiger partial charge on any atom is -0.332 e. The van der Waals surface area contributed by atoms with Gasteiger partial charge in [0.1, 0.15) is 0 Å². The average molecular weight is 420 g/mol. The van der Waals surface area contributed by atoms with Crippen LogP contribution in [0.2, 0.25) is 0 Å². The zero-order valence-corrected chi connectivity index (χ0v) is 18.3. The molecule has 0 fully saturated rings. The first-order valence-corrected chi connectivity index (χ1v) is 10.8. The van der Waals surface area contributed by atoms with Crippen molar-refractivity contribution in [3.63, 3.8) is 0 Å². The molecule has 0 unspecified atom stereocenters. The normalized spacial score (nSPS) is 11.5. The molecule has 0 aliphatic carbocycles. The molecule has 0 saturated heterocycles. The summed E-state index contributed by atoms with van der Waals surface area (Å²) in [6, 6.07) is 17.7. The molecule has 0 atom stereocenters. The number of H-pyrrole nitrogens is 1. The highest BCUT2D eigenvalue weighted by molar-refractivity contribution is 7.21. The third-order valence-corrected chi connectivity index (χ3v) is 6.33. The van der Waals surface area contributed by atoms with Crippen LogP contribution in [0.25, 0.3) is 21.0 Å². The molecule has 0 spiro atoms. The molecule has 0 aliphatic rings. The van der Waals surface area contributed by atoms with Crippen LogP contribution in [0.15, 0.2) is 59.4 Å². The summed E-state index contributed by atoms with van der Waals surface area (Å²) in [5.41, 5.74) is 2.85. The molecule has 30 heavy (non-hydrogen) atoms. The highest BCUT2D eigenvalue weighted by Crippen LogP contribution is 2.31. The predicted molar refractivity (Wildman–Crippen MR) is 124 cm³/mol. The van der Waals surface area contributed by atoms with Crippen molar-refractivity contribution in [1.29, 1.82) is 0 Å². The number of aromatic nitrogens is 1. The summed E-state index contributed by atoms with van der Waals surface area (Å²) in [6.07, 6.45) is 0. The van der Waals surface area contributed by atoms with Crippen LogP contribution >= 0.6 is 11.3 Å². The Hall–Kier alpha value is -2.96. The number of aryl methyl sites for hydroxylation is 1. The van der Waals surface area contributed by atoms with Gasteiger partial charge in [0.2, 0.25) is 0 Å². The molecule has 1 N–H and O–H groups in total. The Bertz CT molecular complexity index is 1260. The van der Waals surface area contributed by atoms with Crippen molar-refractivity contribution in [2.24, 2.45) is 0 Å². The van der Waals surface area contributed by atoms with Crippen molar-refractivity contribution in [2.45, 2.75) is 13.5 Å². The number of benzene rings is 2. The average Bonchev–Trinajstić information content (AvgIpc) is 3.18. The second-order valence-corrected chi connectivity index (χ2v) is 8.92. The fourth-order valence-electron chi connectivity index (χ4n) is 3.54. The van der Waals surface area contributed by atoms with E-state index >= 15 is 0 Å². The Labute approximate surface area is 179 Å². The number of rotatable bonds is 6. The molecular weight excluding hydrogens is 394 g/mol. The van der Waals surface area contributed by atoms with Crippen LogP contribution in [-0.2, 0) is 6.54 Å². The molecule has 4 rings (SSSR count). The number of fused-ring (bicyclic) bond motifs is 3. The number of hydrogen-bond donors (Lipinski definition) is 1. The lowest BCUT2D eigenvalue weighted by Gasteiger charge is -2.24. The zero-order chi connectivity index (χ0) is 21.3. The second-order valence-electron chi connectivity index (χ2n) is 7.87. The Balaban J connectivity index is 1.75. The molecule has 0 radical (unpaired) electrons. The van der Waals surface area contributed by atoms with E-state index < -0.39 is 0 Å². The van der Waals surface area contributed by atoms with Gasteiger partial charge in [-0.3, -0.25) is 9.59 Å². The summed E-state index contributed by atoms with van der Waals surface area (Å²) in [5.74, 6) is -0.0397. The summed E-state index contributed by atoms with van der Waals surface area (Å²) < 4.78 is 0.869. The summed E-state index contributed by atoms with van der Waals surface area (Å²) >= 11 is 1.41. The van der Waals surface area contributed by atoms with E-state index in [1.165, 1.54) is 11.3 Å². The van der Waals surface area contributed by atoms with Crippen LogP contribution in [0, 0.1) is 6.92 Å². The van der Waals surface area contributed by atoms with Gasteiger partial charge in [-0.25, -0.2) is 0 Å². The minimum absolute atomic E-state index is 0.0397. The standard InChI is InChI=1S/C24H25N3O2S/c1-16-9-10-20-18(13-16)22-19(23(28)25-20)14-21(30-22)24(29)27(12-11-26(2)3)15-17-7-5-4-6-8-17/h4-10,13-14H,11-12,15H2,1-3H3,(H,25,28). The van der Waals surface area contributed by atoms with Gasteiger partial charge in [-0.15, -0.1) is 11.3 Å². The van der Waals surface area contributed by atoms with Gasteiger partial charge < -0.3 is 14.8 Å². The number of nitrogens with zero attached hydrogens (tertiary/aromatic N) is 2. The Morgan fingerprint density at radius 1 is 1.00 bits per heavy atom. The molecule has 0 aliphatic heterocycles. The summed E-state index contributed by atoms with van der Waals surface area (Å²) in [6.45, 7) is 3.95. The lowest BCUT2D eigenvalue weighted by atomic mass is 10.1. The number of amides is 1. The van der Waals surface area contributed by atoms with Gasteiger partial charge in [-0.2, -0.15) is 0 Å². The highest BCUT2D eigenvalue weighted by Gasteiger charge is 2.20. The third kappa shape index (κ3) is 4.15. The van der Waals surface area contributed by atoms with Crippen LogP contribution in [0.5, 0.6) is 0 Å². The monoisotopic (exact) mass is 419 g/mol. The number of thiophene rings is 1. The molecule has 6 heteroatoms. The minimum atomic E-state index is -0.153. The molecule has 154 valence electrons. The number of carbonyl (C=O) groups is 1. The van der Waals surface area contributed by atoms with Crippen molar-refractivity contribution in [3.8, 4) is 0 Å². The van der Waals surface area contributed by atoms with E-state index in [-0.39, 0.29) is 11.5 Å². The maximum absolute atomic E-state index is 13.5. The lowest BCUT2D eigenvalue weighted by Crippen LogP contribution is -2.35. The highest BCUT2D eigenvalue weighted by atomic mass is 32.1. The SMILES string of the molecule is Cc1ccc2[nH]c(=O)c3cc(C(=O)N(CCN(C)C)Cc4ccccc4)sc3c2c1. The first kappa shape index (κ1) is 20.3. The summed E-state index contributed by atoms with van der Waals surface area (Å²) in [4.78, 5) is 33.5. The van der Waals surface area contributed by atoms with Gasteiger partial charge in [-0.05, 0) is 44.8 Å². The molecular formula is C24H25N3O2S. The van der Waals surface area contributed by atoms with Gasteiger partial charge in [0.15, 0.2) is 0 Å². The molecule has 5 nitrogen and oxygen atoms in total. The van der Waals surface area contributed by atoms with Gasteiger partial charge in [0.25, 0.3) is 11.5 Å². The van der Waals surface area contributed by atoms with Crippen LogP contribution in [0.3, 0.4) is 0 Å². The molecule has 2 heterocycles. The first-order valence-electron chi connectivity index (χ1n) is 9.96. The van der Waals surface area contributed by atoms with Crippen molar-refractivity contribution >= 4 is 38.2 Å². The van der Waals surface area contributed by atoms with Crippen LogP contribution in [0.1, 0.15) is 20.8 Å². The topological polar surface area (TPSA) is 56.4 Å². The number of aromatic amines is 1. The van der Waals surface area contributed by atoms with E-state index in [9.17, 15) is 9.59 Å². The molecule has 0 saturated carbocycles. The van der Waals surface area contributed by atoms with Crippen LogP contribution in [0.4, 0.5) is 0 Å². The van der Waals surface area contributed by atoms with Gasteiger partial charge in [-0.1, -0.05) is 42.0 Å². The fourth-order valence-corrected chi connectivity index (χ4v) is 4.70. The molecule has 0 bridgehead atoms. The third-order valence-electron chi connectivity index (χ3n) is 5.18. The van der Waals surface area contributed by atoms with Crippen molar-refractivity contribution in [2.75, 3.05) is 27.2 Å². The quantitative estimate of drug-likeness (QED) is 0.508. The van der Waals surface area contributed by atoms with Crippen LogP contribution < -0.4 is 5.56 Å². The Morgan fingerprint density at radius 2 is 1.77 bits per heavy atom. The number of pyridine rings is 1. The number of carbonyl (C=O) groups excluding carboxylic acids is 1. The van der Waals surface area contributed by atoms with Crippen LogP contribution in [-0.4, -0.2) is 47.9 Å². The van der Waals surface area contributed by atoms with E-state index in [1.54, 1.807) is 6.07 Å². The predicted octanol–water partition coefficient (Wildman–Crippen LogP) is 4.26. The zero-order valence-electron chi connectivity index (χ0n) is 17.4. The lowest BCUT2D eigenvalue weighted by molar-refractivity contribution is 0.0737. The Morgan fingerprint density at radius 3 is 2.50 bits per heavy atom. The summed E-state index contributed by atoms with van der Waals surface area (Å²) in [5, 5.41) is 1.56. The summed E-state index contributed by atoms with van der Waals surface area (Å²) in [7, 11) is 4.00. The molecule has 2 aromatic heterocycles. The van der Waals surface area contributed by atoms with Gasteiger partial charge in [0.05, 0.1) is 10.3 Å². The van der Waals surface area contributed by atoms with E-state index in [0.717, 1.165) is 33.3 Å². The van der Waals surface area contributed by atoms with E-state index in [4.69, 9.17) is 0 Å². The van der Waals surface area contributed by atoms with Gasteiger partial charge >= 0.3 is 0 Å². The smallest absolute Gasteiger partial charge is 0.264 e. The maximum atomic E-state index is 13.5. The maximum Gasteiger partial charge on any atom is 0.264 e. The van der Waals surface area contributed by atoms with E-state index in [1.807, 2.05) is 68.4 Å².